The number of hydrogen-bond donors (Lipinski definition) is 1. The van der Waals surface area contributed by atoms with Crippen LogP contribution in [0.5, 0.6) is 0 Å². The fraction of sp³-hybridized carbons (Fsp3) is 0.308. The first-order chi connectivity index (χ1) is 8.24. The Bertz CT molecular complexity index is 436. The second kappa shape index (κ2) is 5.80. The van der Waals surface area contributed by atoms with Gasteiger partial charge in [-0.2, -0.15) is 0 Å². The highest BCUT2D eigenvalue weighted by molar-refractivity contribution is 7.09. The van der Waals surface area contributed by atoms with Crippen molar-refractivity contribution in [3.8, 4) is 0 Å². The predicted octanol–water partition coefficient (Wildman–Crippen LogP) is 2.40. The topological polar surface area (TPSA) is 42.1 Å². The second-order valence-corrected chi connectivity index (χ2v) is 5.19. The molecule has 2 aromatic heterocycles. The average Bonchev–Trinajstić information content (AvgIpc) is 2.83. The average molecular weight is 247 g/mol. The largest absolute Gasteiger partial charge is 0.384 e. The Morgan fingerprint density at radius 2 is 2.24 bits per heavy atom. The molecule has 90 valence electrons. The number of nitrogen functional groups attached to an aromatic ring is 1. The lowest BCUT2D eigenvalue weighted by atomic mass is 10.2. The van der Waals surface area contributed by atoms with Crippen LogP contribution in [0.3, 0.4) is 0 Å². The van der Waals surface area contributed by atoms with Crippen molar-refractivity contribution < 1.29 is 0 Å². The number of rotatable bonds is 5. The number of anilines is 1. The van der Waals surface area contributed by atoms with E-state index in [1.54, 1.807) is 0 Å². The quantitative estimate of drug-likeness (QED) is 0.882. The van der Waals surface area contributed by atoms with Gasteiger partial charge in [0, 0.05) is 24.2 Å². The van der Waals surface area contributed by atoms with Gasteiger partial charge in [0.1, 0.15) is 5.82 Å². The molecule has 0 atom stereocenters. The Balaban J connectivity index is 1.80. The molecule has 0 radical (unpaired) electrons. The molecule has 17 heavy (non-hydrogen) atoms. The van der Waals surface area contributed by atoms with Crippen LogP contribution >= 0.6 is 11.3 Å². The summed E-state index contributed by atoms with van der Waals surface area (Å²) >= 11 is 1.82. The van der Waals surface area contributed by atoms with Gasteiger partial charge in [0.25, 0.3) is 0 Å². The zero-order chi connectivity index (χ0) is 12.1. The summed E-state index contributed by atoms with van der Waals surface area (Å²) in [6.45, 7) is 1.98. The predicted molar refractivity (Wildman–Crippen MR) is 73.0 cm³/mol. The van der Waals surface area contributed by atoms with Crippen LogP contribution in [0.1, 0.15) is 10.4 Å². The maximum absolute atomic E-state index is 5.56. The van der Waals surface area contributed by atoms with Crippen molar-refractivity contribution in [3.05, 3.63) is 46.3 Å². The van der Waals surface area contributed by atoms with Crippen LogP contribution in [0.2, 0.25) is 0 Å². The summed E-state index contributed by atoms with van der Waals surface area (Å²) in [5, 5.41) is 2.12. The van der Waals surface area contributed by atoms with Crippen LogP contribution in [0, 0.1) is 0 Å². The maximum atomic E-state index is 5.56. The SMILES string of the molecule is CN(CCc1cccs1)Cc1ccc(N)nc1. The van der Waals surface area contributed by atoms with Crippen LogP contribution < -0.4 is 5.73 Å². The van der Waals surface area contributed by atoms with Crippen molar-refractivity contribution in [2.75, 3.05) is 19.3 Å². The van der Waals surface area contributed by atoms with Crippen molar-refractivity contribution in [2.45, 2.75) is 13.0 Å². The van der Waals surface area contributed by atoms with Gasteiger partial charge in [-0.3, -0.25) is 0 Å². The third kappa shape index (κ3) is 3.84. The third-order valence-electron chi connectivity index (χ3n) is 2.62. The van der Waals surface area contributed by atoms with Crippen LogP contribution in [-0.2, 0) is 13.0 Å². The molecule has 0 bridgehead atoms. The van der Waals surface area contributed by atoms with E-state index in [1.165, 1.54) is 10.4 Å². The van der Waals surface area contributed by atoms with E-state index in [9.17, 15) is 0 Å². The van der Waals surface area contributed by atoms with E-state index in [-0.39, 0.29) is 0 Å². The zero-order valence-corrected chi connectivity index (χ0v) is 10.8. The standard InChI is InChI=1S/C13H17N3S/c1-16(7-6-12-3-2-8-17-12)10-11-4-5-13(14)15-9-11/h2-5,8-9H,6-7,10H2,1H3,(H2,14,15). The highest BCUT2D eigenvalue weighted by Gasteiger charge is 2.02. The maximum Gasteiger partial charge on any atom is 0.123 e. The molecule has 0 fully saturated rings. The number of pyridine rings is 1. The molecular weight excluding hydrogens is 230 g/mol. The molecule has 0 saturated carbocycles. The summed E-state index contributed by atoms with van der Waals surface area (Å²) in [6.07, 6.45) is 2.95. The first-order valence-electron chi connectivity index (χ1n) is 5.65. The van der Waals surface area contributed by atoms with Gasteiger partial charge in [-0.1, -0.05) is 12.1 Å². The molecule has 0 aromatic carbocycles. The molecule has 3 nitrogen and oxygen atoms in total. The number of aromatic nitrogens is 1. The van der Waals surface area contributed by atoms with Crippen molar-refractivity contribution in [1.29, 1.82) is 0 Å². The minimum atomic E-state index is 0.579. The number of nitrogens with zero attached hydrogens (tertiary/aromatic N) is 2. The Hall–Kier alpha value is -1.39. The molecule has 4 heteroatoms. The van der Waals surface area contributed by atoms with Crippen LogP contribution in [0.25, 0.3) is 0 Å². The number of thiophene rings is 1. The Kier molecular flexibility index (Phi) is 4.12. The molecule has 0 spiro atoms. The van der Waals surface area contributed by atoms with E-state index in [2.05, 4.69) is 34.4 Å². The second-order valence-electron chi connectivity index (χ2n) is 4.16. The Labute approximate surface area is 106 Å². The molecule has 0 saturated heterocycles. The van der Waals surface area contributed by atoms with Gasteiger partial charge in [-0.05, 0) is 36.5 Å². The van der Waals surface area contributed by atoms with Crippen LogP contribution in [0.4, 0.5) is 5.82 Å². The highest BCUT2D eigenvalue weighted by Crippen LogP contribution is 2.10. The van der Waals surface area contributed by atoms with Gasteiger partial charge in [-0.15, -0.1) is 11.3 Å². The van der Waals surface area contributed by atoms with Gasteiger partial charge in [-0.25, -0.2) is 4.98 Å². The van der Waals surface area contributed by atoms with E-state index < -0.39 is 0 Å². The molecule has 0 amide bonds. The van der Waals surface area contributed by atoms with Crippen molar-refractivity contribution in [1.82, 2.24) is 9.88 Å². The zero-order valence-electron chi connectivity index (χ0n) is 9.97. The summed E-state index contributed by atoms with van der Waals surface area (Å²) in [5.41, 5.74) is 6.76. The van der Waals surface area contributed by atoms with E-state index in [0.717, 1.165) is 19.5 Å². The molecule has 2 heterocycles. The number of likely N-dealkylation sites (N-methyl/N-ethyl adjacent to an activating group) is 1. The fourth-order valence-electron chi connectivity index (χ4n) is 1.68. The van der Waals surface area contributed by atoms with Crippen LogP contribution in [-0.4, -0.2) is 23.5 Å². The molecule has 0 aliphatic carbocycles. The van der Waals surface area contributed by atoms with Crippen molar-refractivity contribution in [2.24, 2.45) is 0 Å². The lowest BCUT2D eigenvalue weighted by Crippen LogP contribution is -2.20. The lowest BCUT2D eigenvalue weighted by molar-refractivity contribution is 0.331. The van der Waals surface area contributed by atoms with Crippen molar-refractivity contribution in [3.63, 3.8) is 0 Å². The summed E-state index contributed by atoms with van der Waals surface area (Å²) in [6, 6.07) is 8.17. The van der Waals surface area contributed by atoms with Gasteiger partial charge in [0.05, 0.1) is 0 Å². The lowest BCUT2D eigenvalue weighted by Gasteiger charge is -2.15. The monoisotopic (exact) mass is 247 g/mol. The molecule has 2 rings (SSSR count). The minimum absolute atomic E-state index is 0.579. The number of hydrogen-bond acceptors (Lipinski definition) is 4. The van der Waals surface area contributed by atoms with Crippen LogP contribution in [0.15, 0.2) is 35.8 Å². The first-order valence-corrected chi connectivity index (χ1v) is 6.53. The summed E-state index contributed by atoms with van der Waals surface area (Å²) in [4.78, 5) is 7.83. The molecule has 0 aliphatic rings. The van der Waals surface area contributed by atoms with E-state index in [0.29, 0.717) is 5.82 Å². The molecule has 0 unspecified atom stereocenters. The van der Waals surface area contributed by atoms with Gasteiger partial charge in [0.2, 0.25) is 0 Å². The number of nitrogens with two attached hydrogens (primary N) is 1. The minimum Gasteiger partial charge on any atom is -0.384 e. The van der Waals surface area contributed by atoms with E-state index in [1.807, 2.05) is 29.7 Å². The van der Waals surface area contributed by atoms with Gasteiger partial charge < -0.3 is 10.6 Å². The van der Waals surface area contributed by atoms with Crippen molar-refractivity contribution >= 4 is 17.2 Å². The Morgan fingerprint density at radius 1 is 1.35 bits per heavy atom. The van der Waals surface area contributed by atoms with Gasteiger partial charge >= 0.3 is 0 Å². The molecule has 2 N–H and O–H groups in total. The smallest absolute Gasteiger partial charge is 0.123 e. The molecule has 2 aromatic rings. The highest BCUT2D eigenvalue weighted by atomic mass is 32.1. The summed E-state index contributed by atoms with van der Waals surface area (Å²) in [7, 11) is 2.13. The molecular formula is C13H17N3S. The Morgan fingerprint density at radius 3 is 2.88 bits per heavy atom. The third-order valence-corrected chi connectivity index (χ3v) is 3.56. The van der Waals surface area contributed by atoms with E-state index in [4.69, 9.17) is 5.73 Å². The summed E-state index contributed by atoms with van der Waals surface area (Å²) in [5.74, 6) is 0.579. The normalized spacial score (nSPS) is 10.9. The first kappa shape index (κ1) is 12.1. The summed E-state index contributed by atoms with van der Waals surface area (Å²) < 4.78 is 0. The van der Waals surface area contributed by atoms with Gasteiger partial charge in [0.15, 0.2) is 0 Å². The molecule has 0 aliphatic heterocycles. The fourth-order valence-corrected chi connectivity index (χ4v) is 2.37. The van der Waals surface area contributed by atoms with E-state index >= 15 is 0 Å².